The van der Waals surface area contributed by atoms with Crippen LogP contribution in [-0.4, -0.2) is 41.1 Å². The zero-order valence-electron chi connectivity index (χ0n) is 10.7. The fourth-order valence-electron chi connectivity index (χ4n) is 1.86. The second-order valence-electron chi connectivity index (χ2n) is 4.19. The summed E-state index contributed by atoms with van der Waals surface area (Å²) in [6, 6.07) is 0.125. The van der Waals surface area contributed by atoms with Gasteiger partial charge in [0.15, 0.2) is 5.16 Å². The molecule has 1 atom stereocenters. The first-order chi connectivity index (χ1) is 9.08. The number of thioether (sulfide) groups is 1. The molecule has 0 aliphatic carbocycles. The van der Waals surface area contributed by atoms with Gasteiger partial charge in [-0.3, -0.25) is 4.79 Å². The largest absolute Gasteiger partial charge is 0.481 e. The SMILES string of the molecule is Cc1nnc(SCC(=O)O)n1C(C)Cn1ccnc1. The van der Waals surface area contributed by atoms with Gasteiger partial charge in [-0.1, -0.05) is 11.8 Å². The van der Waals surface area contributed by atoms with Crippen molar-refractivity contribution in [3.05, 3.63) is 24.5 Å². The Labute approximate surface area is 114 Å². The van der Waals surface area contributed by atoms with E-state index in [0.29, 0.717) is 5.16 Å². The van der Waals surface area contributed by atoms with Crippen LogP contribution >= 0.6 is 11.8 Å². The van der Waals surface area contributed by atoms with E-state index in [1.54, 1.807) is 12.5 Å². The Hall–Kier alpha value is -1.83. The molecule has 1 N–H and O–H groups in total. The van der Waals surface area contributed by atoms with Gasteiger partial charge in [-0.2, -0.15) is 0 Å². The monoisotopic (exact) mass is 281 g/mol. The molecule has 7 nitrogen and oxygen atoms in total. The zero-order chi connectivity index (χ0) is 13.8. The van der Waals surface area contributed by atoms with Crippen LogP contribution in [0, 0.1) is 6.92 Å². The maximum Gasteiger partial charge on any atom is 0.313 e. The molecular weight excluding hydrogens is 266 g/mol. The highest BCUT2D eigenvalue weighted by Crippen LogP contribution is 2.22. The third kappa shape index (κ3) is 3.34. The third-order valence-corrected chi connectivity index (χ3v) is 3.56. The number of carbonyl (C=O) groups is 1. The quantitative estimate of drug-likeness (QED) is 0.801. The second-order valence-corrected chi connectivity index (χ2v) is 5.13. The van der Waals surface area contributed by atoms with Crippen LogP contribution in [0.4, 0.5) is 0 Å². The van der Waals surface area contributed by atoms with Crippen molar-refractivity contribution in [2.45, 2.75) is 31.6 Å². The van der Waals surface area contributed by atoms with Crippen LogP contribution in [0.5, 0.6) is 0 Å². The maximum absolute atomic E-state index is 10.6. The highest BCUT2D eigenvalue weighted by molar-refractivity contribution is 7.99. The standard InChI is InChI=1S/C11H15N5O2S/c1-8(5-15-4-3-12-7-15)16-9(2)13-14-11(16)19-6-10(17)18/h3-4,7-8H,5-6H2,1-2H3,(H,17,18). The number of hydrogen-bond donors (Lipinski definition) is 1. The minimum atomic E-state index is -0.862. The first-order valence-electron chi connectivity index (χ1n) is 5.79. The van der Waals surface area contributed by atoms with E-state index in [9.17, 15) is 4.79 Å². The first-order valence-corrected chi connectivity index (χ1v) is 6.78. The van der Waals surface area contributed by atoms with Gasteiger partial charge in [-0.05, 0) is 13.8 Å². The molecule has 0 aliphatic rings. The molecule has 0 saturated heterocycles. The Bertz CT molecular complexity index is 551. The molecule has 19 heavy (non-hydrogen) atoms. The Balaban J connectivity index is 2.13. The summed E-state index contributed by atoms with van der Waals surface area (Å²) in [5.74, 6) is -0.101. The van der Waals surface area contributed by atoms with Crippen LogP contribution in [0.15, 0.2) is 23.9 Å². The van der Waals surface area contributed by atoms with Gasteiger partial charge in [0.25, 0.3) is 0 Å². The van der Waals surface area contributed by atoms with Gasteiger partial charge >= 0.3 is 5.97 Å². The van der Waals surface area contributed by atoms with Crippen molar-refractivity contribution < 1.29 is 9.90 Å². The lowest BCUT2D eigenvalue weighted by molar-refractivity contribution is -0.133. The van der Waals surface area contributed by atoms with Crippen molar-refractivity contribution in [2.75, 3.05) is 5.75 Å². The molecule has 2 rings (SSSR count). The van der Waals surface area contributed by atoms with Crippen molar-refractivity contribution in [2.24, 2.45) is 0 Å². The van der Waals surface area contributed by atoms with Crippen LogP contribution in [0.3, 0.4) is 0 Å². The molecular formula is C11H15N5O2S. The molecule has 2 heterocycles. The molecule has 8 heteroatoms. The smallest absolute Gasteiger partial charge is 0.313 e. The summed E-state index contributed by atoms with van der Waals surface area (Å²) in [6.45, 7) is 4.64. The molecule has 0 saturated carbocycles. The van der Waals surface area contributed by atoms with Gasteiger partial charge < -0.3 is 14.2 Å². The Morgan fingerprint density at radius 1 is 1.53 bits per heavy atom. The van der Waals surface area contributed by atoms with E-state index in [-0.39, 0.29) is 11.8 Å². The average Bonchev–Trinajstić information content (AvgIpc) is 2.96. The number of aryl methyl sites for hydroxylation is 1. The molecule has 0 radical (unpaired) electrons. The first kappa shape index (κ1) is 13.6. The van der Waals surface area contributed by atoms with E-state index in [2.05, 4.69) is 15.2 Å². The van der Waals surface area contributed by atoms with Gasteiger partial charge in [-0.15, -0.1) is 10.2 Å². The molecule has 0 bridgehead atoms. The summed E-state index contributed by atoms with van der Waals surface area (Å²) in [5.41, 5.74) is 0. The van der Waals surface area contributed by atoms with Crippen LogP contribution in [0.1, 0.15) is 18.8 Å². The number of imidazole rings is 1. The van der Waals surface area contributed by atoms with Gasteiger partial charge in [0.2, 0.25) is 0 Å². The predicted molar refractivity (Wildman–Crippen MR) is 70.1 cm³/mol. The fourth-order valence-corrected chi connectivity index (χ4v) is 2.67. The summed E-state index contributed by atoms with van der Waals surface area (Å²) in [5, 5.41) is 17.4. The van der Waals surface area contributed by atoms with Crippen LogP contribution in [-0.2, 0) is 11.3 Å². The molecule has 2 aromatic rings. The Morgan fingerprint density at radius 3 is 2.95 bits per heavy atom. The lowest BCUT2D eigenvalue weighted by atomic mass is 10.3. The lowest BCUT2D eigenvalue weighted by Gasteiger charge is -2.17. The van der Waals surface area contributed by atoms with Gasteiger partial charge in [0, 0.05) is 18.9 Å². The second kappa shape index (κ2) is 5.87. The molecule has 0 aliphatic heterocycles. The van der Waals surface area contributed by atoms with E-state index in [4.69, 9.17) is 5.11 Å². The summed E-state index contributed by atoms with van der Waals surface area (Å²) in [7, 11) is 0. The zero-order valence-corrected chi connectivity index (χ0v) is 11.5. The Morgan fingerprint density at radius 2 is 2.32 bits per heavy atom. The highest BCUT2D eigenvalue weighted by atomic mass is 32.2. The number of nitrogens with zero attached hydrogens (tertiary/aromatic N) is 5. The number of hydrogen-bond acceptors (Lipinski definition) is 5. The van der Waals surface area contributed by atoms with Crippen LogP contribution in [0.25, 0.3) is 0 Å². The minimum Gasteiger partial charge on any atom is -0.481 e. The Kier molecular flexibility index (Phi) is 4.20. The van der Waals surface area contributed by atoms with E-state index in [1.165, 1.54) is 11.8 Å². The van der Waals surface area contributed by atoms with E-state index >= 15 is 0 Å². The number of aromatic nitrogens is 5. The number of carboxylic acids is 1. The van der Waals surface area contributed by atoms with Gasteiger partial charge in [-0.25, -0.2) is 4.98 Å². The molecule has 0 spiro atoms. The fraction of sp³-hybridized carbons (Fsp3) is 0.455. The van der Waals surface area contributed by atoms with Gasteiger partial charge in [0.1, 0.15) is 5.82 Å². The number of aliphatic carboxylic acids is 1. The summed E-state index contributed by atoms with van der Waals surface area (Å²) in [4.78, 5) is 14.6. The van der Waals surface area contributed by atoms with Crippen molar-refractivity contribution >= 4 is 17.7 Å². The third-order valence-electron chi connectivity index (χ3n) is 2.63. The lowest BCUT2D eigenvalue weighted by Crippen LogP contribution is -2.15. The molecule has 0 aromatic carbocycles. The average molecular weight is 281 g/mol. The van der Waals surface area contributed by atoms with Crippen molar-refractivity contribution in [3.63, 3.8) is 0 Å². The van der Waals surface area contributed by atoms with Gasteiger partial charge in [0.05, 0.1) is 18.1 Å². The van der Waals surface area contributed by atoms with Crippen molar-refractivity contribution in [3.8, 4) is 0 Å². The van der Waals surface area contributed by atoms with Crippen molar-refractivity contribution in [1.29, 1.82) is 0 Å². The van der Waals surface area contributed by atoms with E-state index < -0.39 is 5.97 Å². The van der Waals surface area contributed by atoms with E-state index in [1.807, 2.05) is 29.2 Å². The maximum atomic E-state index is 10.6. The topological polar surface area (TPSA) is 85.8 Å². The van der Waals surface area contributed by atoms with Crippen molar-refractivity contribution in [1.82, 2.24) is 24.3 Å². The van der Waals surface area contributed by atoms with Crippen LogP contribution in [0.2, 0.25) is 0 Å². The van der Waals surface area contributed by atoms with E-state index in [0.717, 1.165) is 12.4 Å². The molecule has 102 valence electrons. The number of rotatable bonds is 6. The molecule has 1 unspecified atom stereocenters. The normalized spacial score (nSPS) is 12.5. The summed E-state index contributed by atoms with van der Waals surface area (Å²) >= 11 is 1.18. The molecule has 2 aromatic heterocycles. The number of carboxylic acid groups (broad SMARTS) is 1. The highest BCUT2D eigenvalue weighted by Gasteiger charge is 2.16. The predicted octanol–water partition coefficient (Wildman–Crippen LogP) is 1.22. The summed E-state index contributed by atoms with van der Waals surface area (Å²) in [6.07, 6.45) is 5.37. The minimum absolute atomic E-state index is 0.0179. The molecule has 0 amide bonds. The summed E-state index contributed by atoms with van der Waals surface area (Å²) < 4.78 is 3.92. The molecule has 0 fully saturated rings. The van der Waals surface area contributed by atoms with Crippen LogP contribution < -0.4 is 0 Å².